The van der Waals surface area contributed by atoms with Gasteiger partial charge in [-0.3, -0.25) is 0 Å². The fraction of sp³-hybridized carbons (Fsp3) is 0.421. The Morgan fingerprint density at radius 2 is 1.70 bits per heavy atom. The fourth-order valence-electron chi connectivity index (χ4n) is 2.98. The number of amides is 2. The summed E-state index contributed by atoms with van der Waals surface area (Å²) in [6.07, 6.45) is 3.16. The summed E-state index contributed by atoms with van der Waals surface area (Å²) in [6, 6.07) is 13.4. The molecule has 0 saturated carbocycles. The highest BCUT2D eigenvalue weighted by atomic mass is 16.3. The number of nitrogens with one attached hydrogen (secondary N) is 2. The molecule has 2 rings (SSSR count). The predicted molar refractivity (Wildman–Crippen MR) is 95.7 cm³/mol. The average molecular weight is 314 g/mol. The van der Waals surface area contributed by atoms with Crippen LogP contribution in [0, 0.1) is 0 Å². The summed E-state index contributed by atoms with van der Waals surface area (Å²) < 4.78 is 0. The summed E-state index contributed by atoms with van der Waals surface area (Å²) in [5.41, 5.74) is -0.0466. The minimum Gasteiger partial charge on any atom is -0.388 e. The van der Waals surface area contributed by atoms with Crippen molar-refractivity contribution in [2.45, 2.75) is 45.1 Å². The standard InChI is InChI=1S/C19H26N2O2/c1-3-12-19(23,13-4-2)14-20-18(22)21-17-11-7-9-15-8-5-6-10-16(15)17/h5-11,23H,3-4,12-14H2,1-2H3,(H2,20,21,22). The van der Waals surface area contributed by atoms with Crippen molar-refractivity contribution in [1.29, 1.82) is 0 Å². The molecule has 4 nitrogen and oxygen atoms in total. The number of rotatable bonds is 7. The molecule has 0 heterocycles. The minimum atomic E-state index is -0.820. The summed E-state index contributed by atoms with van der Waals surface area (Å²) in [5.74, 6) is 0. The Morgan fingerprint density at radius 1 is 1.04 bits per heavy atom. The monoisotopic (exact) mass is 314 g/mol. The normalized spacial score (nSPS) is 11.4. The predicted octanol–water partition coefficient (Wildman–Crippen LogP) is 4.29. The van der Waals surface area contributed by atoms with E-state index in [2.05, 4.69) is 10.6 Å². The van der Waals surface area contributed by atoms with Crippen LogP contribution < -0.4 is 10.6 Å². The number of hydrogen-bond donors (Lipinski definition) is 3. The molecular weight excluding hydrogens is 288 g/mol. The Labute approximate surface area is 137 Å². The van der Waals surface area contributed by atoms with Crippen LogP contribution in [0.15, 0.2) is 42.5 Å². The molecule has 4 heteroatoms. The maximum Gasteiger partial charge on any atom is 0.319 e. The minimum absolute atomic E-state index is 0.269. The zero-order valence-electron chi connectivity index (χ0n) is 13.9. The van der Waals surface area contributed by atoms with Crippen molar-refractivity contribution in [1.82, 2.24) is 5.32 Å². The third-order valence-corrected chi connectivity index (χ3v) is 4.05. The molecule has 0 bridgehead atoms. The molecule has 2 amide bonds. The molecule has 0 atom stereocenters. The quantitative estimate of drug-likeness (QED) is 0.714. The number of benzene rings is 2. The third-order valence-electron chi connectivity index (χ3n) is 4.05. The lowest BCUT2D eigenvalue weighted by Gasteiger charge is -2.27. The topological polar surface area (TPSA) is 61.4 Å². The van der Waals surface area contributed by atoms with Gasteiger partial charge in [-0.1, -0.05) is 63.1 Å². The van der Waals surface area contributed by atoms with Crippen LogP contribution in [-0.4, -0.2) is 23.3 Å². The second-order valence-corrected chi connectivity index (χ2v) is 6.06. The number of fused-ring (bicyclic) bond motifs is 1. The first-order valence-corrected chi connectivity index (χ1v) is 8.33. The zero-order valence-corrected chi connectivity index (χ0v) is 13.9. The first-order valence-electron chi connectivity index (χ1n) is 8.33. The lowest BCUT2D eigenvalue weighted by molar-refractivity contribution is 0.0245. The molecular formula is C19H26N2O2. The first-order chi connectivity index (χ1) is 11.1. The van der Waals surface area contributed by atoms with Gasteiger partial charge in [-0.25, -0.2) is 4.79 Å². The molecule has 0 aliphatic rings. The molecule has 0 unspecified atom stereocenters. The molecule has 0 aliphatic carbocycles. The molecule has 3 N–H and O–H groups in total. The van der Waals surface area contributed by atoms with E-state index in [1.807, 2.05) is 56.3 Å². The summed E-state index contributed by atoms with van der Waals surface area (Å²) in [6.45, 7) is 4.35. The third kappa shape index (κ3) is 4.70. The lowest BCUT2D eigenvalue weighted by Crippen LogP contribution is -2.44. The van der Waals surface area contributed by atoms with E-state index in [-0.39, 0.29) is 12.6 Å². The number of urea groups is 1. The smallest absolute Gasteiger partial charge is 0.319 e. The molecule has 0 spiro atoms. The molecule has 124 valence electrons. The lowest BCUT2D eigenvalue weighted by atomic mass is 9.93. The van der Waals surface area contributed by atoms with E-state index in [1.165, 1.54) is 0 Å². The van der Waals surface area contributed by atoms with Crippen LogP contribution in [0.4, 0.5) is 10.5 Å². The van der Waals surface area contributed by atoms with Gasteiger partial charge in [0.05, 0.1) is 11.3 Å². The summed E-state index contributed by atoms with van der Waals surface area (Å²) in [4.78, 5) is 12.2. The SMILES string of the molecule is CCCC(O)(CCC)CNC(=O)Nc1cccc2ccccc12. The van der Waals surface area contributed by atoms with E-state index in [4.69, 9.17) is 0 Å². The van der Waals surface area contributed by atoms with Gasteiger partial charge in [-0.2, -0.15) is 0 Å². The Balaban J connectivity index is 2.01. The molecule has 0 aromatic heterocycles. The highest BCUT2D eigenvalue weighted by Gasteiger charge is 2.25. The van der Waals surface area contributed by atoms with Crippen LogP contribution in [0.25, 0.3) is 10.8 Å². The maximum atomic E-state index is 12.2. The molecule has 2 aromatic rings. The van der Waals surface area contributed by atoms with Crippen molar-refractivity contribution in [2.75, 3.05) is 11.9 Å². The van der Waals surface area contributed by atoms with Gasteiger partial charge in [0.25, 0.3) is 0 Å². The maximum absolute atomic E-state index is 12.2. The molecule has 2 aromatic carbocycles. The Kier molecular flexibility index (Phi) is 5.99. The number of aliphatic hydroxyl groups is 1. The van der Waals surface area contributed by atoms with Gasteiger partial charge < -0.3 is 15.7 Å². The van der Waals surface area contributed by atoms with E-state index >= 15 is 0 Å². The van der Waals surface area contributed by atoms with E-state index in [1.54, 1.807) is 0 Å². The fourth-order valence-corrected chi connectivity index (χ4v) is 2.98. The van der Waals surface area contributed by atoms with E-state index in [0.29, 0.717) is 12.8 Å². The van der Waals surface area contributed by atoms with Crippen molar-refractivity contribution in [2.24, 2.45) is 0 Å². The summed E-state index contributed by atoms with van der Waals surface area (Å²) in [7, 11) is 0. The molecule has 0 radical (unpaired) electrons. The van der Waals surface area contributed by atoms with Gasteiger partial charge in [0.2, 0.25) is 0 Å². The second-order valence-electron chi connectivity index (χ2n) is 6.06. The van der Waals surface area contributed by atoms with Gasteiger partial charge in [0.15, 0.2) is 0 Å². The molecule has 23 heavy (non-hydrogen) atoms. The van der Waals surface area contributed by atoms with Crippen molar-refractivity contribution < 1.29 is 9.90 Å². The van der Waals surface area contributed by atoms with Crippen molar-refractivity contribution in [3.8, 4) is 0 Å². The van der Waals surface area contributed by atoms with Crippen LogP contribution in [0.3, 0.4) is 0 Å². The van der Waals surface area contributed by atoms with Gasteiger partial charge in [0, 0.05) is 11.9 Å². The summed E-state index contributed by atoms with van der Waals surface area (Å²) in [5, 5.41) is 18.3. The zero-order chi connectivity index (χ0) is 16.7. The van der Waals surface area contributed by atoms with Crippen LogP contribution >= 0.6 is 0 Å². The van der Waals surface area contributed by atoms with Crippen LogP contribution in [0.1, 0.15) is 39.5 Å². The molecule has 0 fully saturated rings. The van der Waals surface area contributed by atoms with Crippen molar-refractivity contribution in [3.63, 3.8) is 0 Å². The van der Waals surface area contributed by atoms with E-state index in [9.17, 15) is 9.90 Å². The number of carbonyl (C=O) groups is 1. The number of hydrogen-bond acceptors (Lipinski definition) is 2. The van der Waals surface area contributed by atoms with Gasteiger partial charge in [0.1, 0.15) is 0 Å². The first kappa shape index (κ1) is 17.3. The van der Waals surface area contributed by atoms with Crippen LogP contribution in [0.2, 0.25) is 0 Å². The molecule has 0 saturated heterocycles. The number of carbonyl (C=O) groups excluding carboxylic acids is 1. The Bertz CT molecular complexity index is 643. The highest BCUT2D eigenvalue weighted by Crippen LogP contribution is 2.23. The van der Waals surface area contributed by atoms with Crippen molar-refractivity contribution >= 4 is 22.5 Å². The Morgan fingerprint density at radius 3 is 2.39 bits per heavy atom. The largest absolute Gasteiger partial charge is 0.388 e. The second kappa shape index (κ2) is 7.97. The van der Waals surface area contributed by atoms with E-state index in [0.717, 1.165) is 29.3 Å². The van der Waals surface area contributed by atoms with E-state index < -0.39 is 5.60 Å². The Hall–Kier alpha value is -2.07. The van der Waals surface area contributed by atoms with Gasteiger partial charge in [-0.15, -0.1) is 0 Å². The number of anilines is 1. The van der Waals surface area contributed by atoms with Gasteiger partial charge >= 0.3 is 6.03 Å². The average Bonchev–Trinajstić information content (AvgIpc) is 2.54. The van der Waals surface area contributed by atoms with Crippen molar-refractivity contribution in [3.05, 3.63) is 42.5 Å². The summed E-state index contributed by atoms with van der Waals surface area (Å²) >= 11 is 0. The van der Waals surface area contributed by atoms with Gasteiger partial charge in [-0.05, 0) is 24.3 Å². The van der Waals surface area contributed by atoms with Crippen LogP contribution in [-0.2, 0) is 0 Å². The molecule has 0 aliphatic heterocycles. The highest BCUT2D eigenvalue weighted by molar-refractivity contribution is 6.01. The van der Waals surface area contributed by atoms with Crippen LogP contribution in [0.5, 0.6) is 0 Å².